The molecule has 1 aromatic rings. The molecule has 0 radical (unpaired) electrons. The zero-order valence-electron chi connectivity index (χ0n) is 14.1. The molecule has 2 aliphatic heterocycles. The fourth-order valence-corrected chi connectivity index (χ4v) is 3.38. The summed E-state index contributed by atoms with van der Waals surface area (Å²) < 4.78 is 5.46. The number of hydrogen-bond acceptors (Lipinski definition) is 6. The van der Waals surface area contributed by atoms with Gasteiger partial charge in [0, 0.05) is 45.6 Å². The van der Waals surface area contributed by atoms with Gasteiger partial charge in [0.05, 0.1) is 5.92 Å². The third kappa shape index (κ3) is 2.79. The Morgan fingerprint density at radius 1 is 1.12 bits per heavy atom. The number of rotatable bonds is 3. The Labute approximate surface area is 140 Å². The fourth-order valence-electron chi connectivity index (χ4n) is 3.38. The molecule has 2 saturated heterocycles. The van der Waals surface area contributed by atoms with Crippen LogP contribution in [0.25, 0.3) is 0 Å². The van der Waals surface area contributed by atoms with E-state index in [0.717, 1.165) is 25.2 Å². The number of amides is 2. The Balaban J connectivity index is 1.40. The monoisotopic (exact) mass is 333 g/mol. The van der Waals surface area contributed by atoms with Crippen LogP contribution >= 0.6 is 0 Å². The van der Waals surface area contributed by atoms with Crippen LogP contribution in [-0.4, -0.2) is 76.4 Å². The molecule has 1 saturated carbocycles. The summed E-state index contributed by atoms with van der Waals surface area (Å²) in [5.74, 6) is 1.97. The molecular weight excluding hydrogens is 310 g/mol. The van der Waals surface area contributed by atoms with Crippen LogP contribution in [0, 0.1) is 5.92 Å². The van der Waals surface area contributed by atoms with E-state index in [1.807, 2.05) is 11.9 Å². The van der Waals surface area contributed by atoms with E-state index in [9.17, 15) is 9.59 Å². The molecule has 8 nitrogen and oxygen atoms in total. The van der Waals surface area contributed by atoms with Crippen molar-refractivity contribution in [3.63, 3.8) is 0 Å². The van der Waals surface area contributed by atoms with Gasteiger partial charge in [0.25, 0.3) is 0 Å². The van der Waals surface area contributed by atoms with Crippen molar-refractivity contribution in [2.45, 2.75) is 31.7 Å². The van der Waals surface area contributed by atoms with E-state index in [2.05, 4.69) is 15.0 Å². The Morgan fingerprint density at radius 3 is 2.54 bits per heavy atom. The largest absolute Gasteiger partial charge is 0.341 e. The minimum Gasteiger partial charge on any atom is -0.341 e. The molecule has 3 fully saturated rings. The summed E-state index contributed by atoms with van der Waals surface area (Å²) in [6.45, 7) is 4.67. The van der Waals surface area contributed by atoms with Gasteiger partial charge < -0.3 is 14.3 Å². The second-order valence-electron chi connectivity index (χ2n) is 7.17. The molecule has 3 heterocycles. The Morgan fingerprint density at radius 2 is 1.88 bits per heavy atom. The van der Waals surface area contributed by atoms with Crippen LogP contribution in [0.5, 0.6) is 0 Å². The lowest BCUT2D eigenvalue weighted by molar-refractivity contribution is -0.149. The topological polar surface area (TPSA) is 82.8 Å². The predicted molar refractivity (Wildman–Crippen MR) is 84.0 cm³/mol. The second kappa shape index (κ2) is 5.84. The highest BCUT2D eigenvalue weighted by molar-refractivity contribution is 5.83. The third-order valence-corrected chi connectivity index (χ3v) is 5.32. The second-order valence-corrected chi connectivity index (χ2v) is 7.17. The molecule has 1 aromatic heterocycles. The van der Waals surface area contributed by atoms with Gasteiger partial charge in [0.2, 0.25) is 17.7 Å². The van der Waals surface area contributed by atoms with Crippen molar-refractivity contribution in [2.75, 3.05) is 39.8 Å². The first-order valence-corrected chi connectivity index (χ1v) is 8.61. The Bertz CT molecular complexity index is 650. The number of carbonyl (C=O) groups excluding carboxylic acids is 2. The highest BCUT2D eigenvalue weighted by Gasteiger charge is 2.40. The van der Waals surface area contributed by atoms with Crippen molar-refractivity contribution >= 4 is 11.8 Å². The van der Waals surface area contributed by atoms with Crippen molar-refractivity contribution in [3.8, 4) is 0 Å². The first-order chi connectivity index (χ1) is 11.5. The van der Waals surface area contributed by atoms with Gasteiger partial charge in [-0.05, 0) is 19.9 Å². The van der Waals surface area contributed by atoms with Gasteiger partial charge in [-0.15, -0.1) is 0 Å². The standard InChI is InChI=1S/C16H23N5O3/c1-10(22)21-7-12(8-21)16(23)20-6-5-19(2)13(9-20)15-17-14(18-24-15)11-3-4-11/h11-13H,3-9H2,1-2H3. The van der Waals surface area contributed by atoms with Crippen molar-refractivity contribution in [2.24, 2.45) is 5.92 Å². The predicted octanol–water partition coefficient (Wildman–Crippen LogP) is 0.240. The van der Waals surface area contributed by atoms with E-state index in [1.54, 1.807) is 11.8 Å². The number of hydrogen-bond donors (Lipinski definition) is 0. The number of nitrogens with zero attached hydrogens (tertiary/aromatic N) is 5. The van der Waals surface area contributed by atoms with Gasteiger partial charge in [-0.25, -0.2) is 0 Å². The molecule has 2 amide bonds. The Kier molecular flexibility index (Phi) is 3.79. The van der Waals surface area contributed by atoms with Crippen LogP contribution in [0.4, 0.5) is 0 Å². The van der Waals surface area contributed by atoms with Crippen LogP contribution in [0.15, 0.2) is 4.52 Å². The number of aromatic nitrogens is 2. The van der Waals surface area contributed by atoms with E-state index in [0.29, 0.717) is 38.0 Å². The minimum atomic E-state index is -0.0670. The highest BCUT2D eigenvalue weighted by Crippen LogP contribution is 2.39. The van der Waals surface area contributed by atoms with E-state index in [4.69, 9.17) is 4.52 Å². The zero-order valence-corrected chi connectivity index (χ0v) is 14.1. The molecule has 24 heavy (non-hydrogen) atoms. The maximum absolute atomic E-state index is 12.7. The molecule has 8 heteroatoms. The van der Waals surface area contributed by atoms with Gasteiger partial charge in [-0.2, -0.15) is 4.98 Å². The highest BCUT2D eigenvalue weighted by atomic mass is 16.5. The zero-order chi connectivity index (χ0) is 16.8. The maximum Gasteiger partial charge on any atom is 0.245 e. The van der Waals surface area contributed by atoms with E-state index < -0.39 is 0 Å². The summed E-state index contributed by atoms with van der Waals surface area (Å²) in [7, 11) is 2.02. The number of carbonyl (C=O) groups is 2. The minimum absolute atomic E-state index is 0.0359. The summed E-state index contributed by atoms with van der Waals surface area (Å²) in [4.78, 5) is 34.2. The van der Waals surface area contributed by atoms with E-state index in [1.165, 1.54) is 0 Å². The quantitative estimate of drug-likeness (QED) is 0.788. The van der Waals surface area contributed by atoms with Crippen LogP contribution in [0.2, 0.25) is 0 Å². The van der Waals surface area contributed by atoms with Crippen molar-refractivity contribution < 1.29 is 14.1 Å². The van der Waals surface area contributed by atoms with Gasteiger partial charge in [-0.1, -0.05) is 5.16 Å². The van der Waals surface area contributed by atoms with Crippen LogP contribution < -0.4 is 0 Å². The van der Waals surface area contributed by atoms with Crippen LogP contribution in [0.3, 0.4) is 0 Å². The molecule has 130 valence electrons. The molecule has 0 N–H and O–H groups in total. The smallest absolute Gasteiger partial charge is 0.245 e. The molecule has 3 aliphatic rings. The van der Waals surface area contributed by atoms with Crippen molar-refractivity contribution in [1.82, 2.24) is 24.8 Å². The summed E-state index contributed by atoms with van der Waals surface area (Å²) >= 11 is 0. The summed E-state index contributed by atoms with van der Waals surface area (Å²) in [6, 6.07) is -0.0494. The van der Waals surface area contributed by atoms with Crippen molar-refractivity contribution in [1.29, 1.82) is 0 Å². The molecule has 1 aliphatic carbocycles. The normalized spacial score (nSPS) is 25.7. The molecule has 0 aromatic carbocycles. The molecule has 0 spiro atoms. The lowest BCUT2D eigenvalue weighted by Gasteiger charge is -2.43. The summed E-state index contributed by atoms with van der Waals surface area (Å²) in [5.41, 5.74) is 0. The summed E-state index contributed by atoms with van der Waals surface area (Å²) in [5, 5.41) is 4.09. The van der Waals surface area contributed by atoms with Crippen LogP contribution in [-0.2, 0) is 9.59 Å². The maximum atomic E-state index is 12.7. The first kappa shape index (κ1) is 15.6. The number of piperazine rings is 1. The lowest BCUT2D eigenvalue weighted by atomic mass is 9.97. The SMILES string of the molecule is CC(=O)N1CC(C(=O)N2CCN(C)C(c3nc(C4CC4)no3)C2)C1. The van der Waals surface area contributed by atoms with Crippen LogP contribution in [0.1, 0.15) is 43.4 Å². The average Bonchev–Trinajstić information content (AvgIpc) is 3.24. The molecular formula is C16H23N5O3. The van der Waals surface area contributed by atoms with Gasteiger partial charge >= 0.3 is 0 Å². The fraction of sp³-hybridized carbons (Fsp3) is 0.750. The Hall–Kier alpha value is -1.96. The first-order valence-electron chi connectivity index (χ1n) is 8.61. The van der Waals surface area contributed by atoms with E-state index >= 15 is 0 Å². The molecule has 1 unspecified atom stereocenters. The average molecular weight is 333 g/mol. The molecule has 4 rings (SSSR count). The third-order valence-electron chi connectivity index (χ3n) is 5.32. The lowest BCUT2D eigenvalue weighted by Crippen LogP contribution is -2.58. The van der Waals surface area contributed by atoms with E-state index in [-0.39, 0.29) is 23.8 Å². The van der Waals surface area contributed by atoms with Crippen molar-refractivity contribution in [3.05, 3.63) is 11.7 Å². The number of likely N-dealkylation sites (N-methyl/N-ethyl adjacent to an activating group) is 1. The van der Waals surface area contributed by atoms with Gasteiger partial charge in [-0.3, -0.25) is 14.5 Å². The summed E-state index contributed by atoms with van der Waals surface area (Å²) in [6.07, 6.45) is 2.27. The molecule has 0 bridgehead atoms. The number of likely N-dealkylation sites (tertiary alicyclic amines) is 1. The molecule has 1 atom stereocenters. The van der Waals surface area contributed by atoms with Gasteiger partial charge in [0.15, 0.2) is 5.82 Å². The van der Waals surface area contributed by atoms with Gasteiger partial charge in [0.1, 0.15) is 6.04 Å².